The van der Waals surface area contributed by atoms with E-state index in [2.05, 4.69) is 9.98 Å². The Labute approximate surface area is 80.5 Å². The van der Waals surface area contributed by atoms with Gasteiger partial charge >= 0.3 is 0 Å². The Morgan fingerprint density at radius 3 is 3.14 bits per heavy atom. The Balaban J connectivity index is 2.31. The highest BCUT2D eigenvalue weighted by Gasteiger charge is 2.24. The van der Waals surface area contributed by atoms with Crippen LogP contribution in [-0.2, 0) is 0 Å². The molecule has 3 rings (SSSR count). The number of hydrogen-bond donors (Lipinski definition) is 0. The number of allylic oxidation sites excluding steroid dienone is 2. The number of fused-ring (bicyclic) bond motifs is 2. The first kappa shape index (κ1) is 7.38. The molecule has 1 aromatic heterocycles. The molecule has 0 amide bonds. The third-order valence-corrected chi connectivity index (χ3v) is 2.38. The van der Waals surface area contributed by atoms with E-state index in [0.29, 0.717) is 11.1 Å². The Morgan fingerprint density at radius 2 is 2.21 bits per heavy atom. The van der Waals surface area contributed by atoms with Crippen LogP contribution in [0, 0.1) is 0 Å². The van der Waals surface area contributed by atoms with Gasteiger partial charge in [-0.05, 0) is 17.7 Å². The Bertz CT molecular complexity index is 524. The number of aliphatic imine (C=N–C) groups is 1. The Morgan fingerprint density at radius 1 is 1.29 bits per heavy atom. The summed E-state index contributed by atoms with van der Waals surface area (Å²) in [5.74, 6) is 0.0168. The molecule has 1 aliphatic carbocycles. The van der Waals surface area contributed by atoms with Crippen molar-refractivity contribution in [3.8, 4) is 0 Å². The molecule has 2 heterocycles. The van der Waals surface area contributed by atoms with Crippen LogP contribution in [0.25, 0.3) is 6.08 Å². The van der Waals surface area contributed by atoms with E-state index in [-0.39, 0.29) is 5.78 Å². The van der Waals surface area contributed by atoms with E-state index in [9.17, 15) is 4.79 Å². The van der Waals surface area contributed by atoms with Crippen molar-refractivity contribution in [3.05, 3.63) is 46.9 Å². The second kappa shape index (κ2) is 2.48. The molecular weight excluding hydrogens is 176 g/mol. The number of rotatable bonds is 0. The largest absolute Gasteiger partial charge is 0.288 e. The molecule has 3 heteroatoms. The average Bonchev–Trinajstić information content (AvgIpc) is 2.66. The van der Waals surface area contributed by atoms with Gasteiger partial charge in [-0.15, -0.1) is 0 Å². The van der Waals surface area contributed by atoms with E-state index in [1.54, 1.807) is 24.8 Å². The first-order valence-electron chi connectivity index (χ1n) is 4.30. The molecule has 3 nitrogen and oxygen atoms in total. The maximum absolute atomic E-state index is 11.9. The zero-order valence-corrected chi connectivity index (χ0v) is 7.27. The van der Waals surface area contributed by atoms with Crippen molar-refractivity contribution in [2.45, 2.75) is 0 Å². The molecule has 14 heavy (non-hydrogen) atoms. The fraction of sp³-hybridized carbons (Fsp3) is 0. The van der Waals surface area contributed by atoms with Gasteiger partial charge in [0.25, 0.3) is 0 Å². The van der Waals surface area contributed by atoms with Gasteiger partial charge in [0, 0.05) is 41.5 Å². The number of pyridine rings is 1. The maximum atomic E-state index is 11.9. The molecule has 0 bridgehead atoms. The summed E-state index contributed by atoms with van der Waals surface area (Å²) < 4.78 is 0. The van der Waals surface area contributed by atoms with E-state index in [4.69, 9.17) is 0 Å². The minimum absolute atomic E-state index is 0.0168. The van der Waals surface area contributed by atoms with Crippen LogP contribution in [0.4, 0.5) is 0 Å². The minimum Gasteiger partial charge on any atom is -0.288 e. The molecule has 0 aromatic carbocycles. The van der Waals surface area contributed by atoms with E-state index in [1.165, 1.54) is 0 Å². The number of carbonyl (C=O) groups excluding carboxylic acids is 1. The molecule has 0 atom stereocenters. The van der Waals surface area contributed by atoms with Gasteiger partial charge in [-0.1, -0.05) is 0 Å². The summed E-state index contributed by atoms with van der Waals surface area (Å²) >= 11 is 0. The minimum atomic E-state index is 0.0168. The summed E-state index contributed by atoms with van der Waals surface area (Å²) in [7, 11) is 0. The molecule has 1 aliphatic heterocycles. The molecule has 0 N–H and O–H groups in total. The van der Waals surface area contributed by atoms with Gasteiger partial charge in [0.2, 0.25) is 0 Å². The lowest BCUT2D eigenvalue weighted by atomic mass is 9.90. The van der Waals surface area contributed by atoms with Gasteiger partial charge in [-0.3, -0.25) is 14.8 Å². The highest BCUT2D eigenvalue weighted by molar-refractivity contribution is 6.22. The first-order chi connectivity index (χ1) is 6.86. The summed E-state index contributed by atoms with van der Waals surface area (Å²) in [5, 5.41) is 0. The normalized spacial score (nSPS) is 17.3. The first-order valence-corrected chi connectivity index (χ1v) is 4.30. The van der Waals surface area contributed by atoms with Crippen LogP contribution in [0.1, 0.15) is 15.9 Å². The number of nitrogens with zero attached hydrogens (tertiary/aromatic N) is 2. The monoisotopic (exact) mass is 182 g/mol. The second-order valence-electron chi connectivity index (χ2n) is 3.21. The van der Waals surface area contributed by atoms with Gasteiger partial charge in [-0.25, -0.2) is 0 Å². The molecule has 0 radical (unpaired) electrons. The molecule has 0 saturated carbocycles. The van der Waals surface area contributed by atoms with Crippen molar-refractivity contribution in [2.24, 2.45) is 4.99 Å². The van der Waals surface area contributed by atoms with Crippen molar-refractivity contribution in [1.29, 1.82) is 0 Å². The number of Topliss-reactive ketones (excluding diaryl/α,β-unsaturated/α-hetero) is 1. The van der Waals surface area contributed by atoms with Gasteiger partial charge in [0.15, 0.2) is 5.78 Å². The smallest absolute Gasteiger partial charge is 0.197 e. The Hall–Kier alpha value is -2.03. The molecule has 0 unspecified atom stereocenters. The number of ketones is 1. The highest BCUT2D eigenvalue weighted by Crippen LogP contribution is 2.28. The topological polar surface area (TPSA) is 42.3 Å². The van der Waals surface area contributed by atoms with Crippen LogP contribution in [0.5, 0.6) is 0 Å². The summed E-state index contributed by atoms with van der Waals surface area (Å²) in [6.45, 7) is 0. The van der Waals surface area contributed by atoms with E-state index in [0.717, 1.165) is 11.1 Å². The lowest BCUT2D eigenvalue weighted by Crippen LogP contribution is -2.11. The fourth-order valence-electron chi connectivity index (χ4n) is 1.67. The van der Waals surface area contributed by atoms with Crippen LogP contribution in [0.3, 0.4) is 0 Å². The van der Waals surface area contributed by atoms with Gasteiger partial charge in [-0.2, -0.15) is 0 Å². The molecule has 0 saturated heterocycles. The van der Waals surface area contributed by atoms with Crippen molar-refractivity contribution in [2.75, 3.05) is 0 Å². The van der Waals surface area contributed by atoms with Crippen LogP contribution in [0.2, 0.25) is 0 Å². The van der Waals surface area contributed by atoms with Crippen LogP contribution in [-0.4, -0.2) is 17.0 Å². The van der Waals surface area contributed by atoms with Gasteiger partial charge < -0.3 is 0 Å². The fourth-order valence-corrected chi connectivity index (χ4v) is 1.67. The average molecular weight is 182 g/mol. The molecule has 1 aromatic rings. The summed E-state index contributed by atoms with van der Waals surface area (Å²) in [6.07, 6.45) is 8.55. The summed E-state index contributed by atoms with van der Waals surface area (Å²) in [5.41, 5.74) is 3.15. The Kier molecular flexibility index (Phi) is 1.31. The van der Waals surface area contributed by atoms with Crippen LogP contribution < -0.4 is 0 Å². The lowest BCUT2D eigenvalue weighted by Gasteiger charge is -2.12. The van der Waals surface area contributed by atoms with Crippen molar-refractivity contribution in [1.82, 2.24) is 4.98 Å². The second-order valence-corrected chi connectivity index (χ2v) is 3.21. The van der Waals surface area contributed by atoms with Crippen molar-refractivity contribution >= 4 is 18.1 Å². The number of aromatic nitrogens is 1. The summed E-state index contributed by atoms with van der Waals surface area (Å²) in [4.78, 5) is 19.8. The predicted molar refractivity (Wildman–Crippen MR) is 53.1 cm³/mol. The van der Waals surface area contributed by atoms with Crippen LogP contribution in [0.15, 0.2) is 40.8 Å². The lowest BCUT2D eigenvalue weighted by molar-refractivity contribution is 0.103. The zero-order chi connectivity index (χ0) is 9.54. The SMILES string of the molecule is O=C1C2=CN=CC2=Cc2ccncc21. The van der Waals surface area contributed by atoms with E-state index >= 15 is 0 Å². The van der Waals surface area contributed by atoms with Gasteiger partial charge in [0.05, 0.1) is 0 Å². The van der Waals surface area contributed by atoms with Gasteiger partial charge in [0.1, 0.15) is 0 Å². The zero-order valence-electron chi connectivity index (χ0n) is 7.27. The predicted octanol–water partition coefficient (Wildman–Crippen LogP) is 1.63. The number of hydrogen-bond acceptors (Lipinski definition) is 3. The standard InChI is InChI=1S/C11H6N2O/c14-11-9-5-12-2-1-7(9)3-8-4-13-6-10(8)11/h1-6H. The molecule has 0 spiro atoms. The quantitative estimate of drug-likeness (QED) is 0.612. The van der Waals surface area contributed by atoms with Crippen LogP contribution >= 0.6 is 0 Å². The summed E-state index contributed by atoms with van der Waals surface area (Å²) in [6, 6.07) is 1.84. The van der Waals surface area contributed by atoms with E-state index in [1.807, 2.05) is 12.1 Å². The third-order valence-electron chi connectivity index (χ3n) is 2.38. The van der Waals surface area contributed by atoms with Crippen molar-refractivity contribution in [3.63, 3.8) is 0 Å². The van der Waals surface area contributed by atoms with E-state index < -0.39 is 0 Å². The molecule has 66 valence electrons. The third kappa shape index (κ3) is 0.836. The molecular formula is C11H6N2O. The molecule has 2 aliphatic rings. The number of carbonyl (C=O) groups is 1. The maximum Gasteiger partial charge on any atom is 0.197 e. The van der Waals surface area contributed by atoms with Crippen molar-refractivity contribution < 1.29 is 4.79 Å². The molecule has 0 fully saturated rings. The highest BCUT2D eigenvalue weighted by atomic mass is 16.1.